The number of ether oxygens (including phenoxy) is 1. The average Bonchev–Trinajstić information content (AvgIpc) is 3.07. The third-order valence-electron chi connectivity index (χ3n) is 5.91. The van der Waals surface area contributed by atoms with Gasteiger partial charge in [0.25, 0.3) is 11.7 Å². The van der Waals surface area contributed by atoms with Gasteiger partial charge in [-0.05, 0) is 85.4 Å². The Kier molecular flexibility index (Phi) is 8.91. The van der Waals surface area contributed by atoms with Gasteiger partial charge in [-0.25, -0.2) is 0 Å². The molecular weight excluding hydrogens is 531 g/mol. The molecule has 0 bridgehead atoms. The predicted molar refractivity (Wildman–Crippen MR) is 138 cm³/mol. The lowest BCUT2D eigenvalue weighted by Gasteiger charge is -2.27. The van der Waals surface area contributed by atoms with Crippen LogP contribution in [0.1, 0.15) is 44.4 Å². The van der Waals surface area contributed by atoms with E-state index in [4.69, 9.17) is 4.74 Å². The van der Waals surface area contributed by atoms with Gasteiger partial charge in [0.2, 0.25) is 0 Å². The van der Waals surface area contributed by atoms with Gasteiger partial charge in [-0.3, -0.25) is 9.59 Å². The first-order chi connectivity index (χ1) is 15.9. The lowest BCUT2D eigenvalue weighted by molar-refractivity contribution is -0.140. The molecule has 2 aromatic carbocycles. The number of Topliss-reactive ketones (excluding diaryl/α,β-unsaturated/α-hetero) is 1. The Bertz CT molecular complexity index is 1020. The second kappa shape index (κ2) is 11.7. The lowest BCUT2D eigenvalue weighted by atomic mass is 9.95. The Labute approximate surface area is 209 Å². The minimum absolute atomic E-state index is 0.123. The number of aliphatic hydroxyl groups excluding tert-OH is 1. The van der Waals surface area contributed by atoms with Gasteiger partial charge >= 0.3 is 0 Å². The maximum atomic E-state index is 13.1. The van der Waals surface area contributed by atoms with Gasteiger partial charge in [0.1, 0.15) is 11.5 Å². The van der Waals surface area contributed by atoms with Crippen LogP contribution in [0.5, 0.6) is 5.75 Å². The predicted octanol–water partition coefficient (Wildman–Crippen LogP) is 4.84. The Morgan fingerprint density at radius 2 is 1.79 bits per heavy atom. The molecule has 2 aromatic rings. The first-order valence-corrected chi connectivity index (χ1v) is 12.5. The van der Waals surface area contributed by atoms with E-state index in [2.05, 4.69) is 41.3 Å². The van der Waals surface area contributed by atoms with Crippen LogP contribution in [0.25, 0.3) is 5.76 Å². The summed E-state index contributed by atoms with van der Waals surface area (Å²) in [5.74, 6) is -0.799. The fourth-order valence-corrected chi connectivity index (χ4v) is 4.52. The van der Waals surface area contributed by atoms with Gasteiger partial charge in [-0.1, -0.05) is 38.1 Å². The summed E-state index contributed by atoms with van der Waals surface area (Å²) >= 11 is 2.22. The quantitative estimate of drug-likeness (QED) is 0.194. The molecule has 1 aliphatic rings. The van der Waals surface area contributed by atoms with Crippen LogP contribution in [0.4, 0.5) is 0 Å². The van der Waals surface area contributed by atoms with Crippen molar-refractivity contribution in [2.24, 2.45) is 0 Å². The number of hydrogen-bond donors (Lipinski definition) is 1. The molecular formula is C26H31IN2O4. The van der Waals surface area contributed by atoms with Gasteiger partial charge in [-0.15, -0.1) is 0 Å². The van der Waals surface area contributed by atoms with Crippen molar-refractivity contribution in [2.45, 2.75) is 33.2 Å². The van der Waals surface area contributed by atoms with Crippen molar-refractivity contribution in [2.75, 3.05) is 32.8 Å². The van der Waals surface area contributed by atoms with Crippen LogP contribution in [0.3, 0.4) is 0 Å². The number of rotatable bonds is 10. The topological polar surface area (TPSA) is 70.1 Å². The summed E-state index contributed by atoms with van der Waals surface area (Å²) in [6.45, 7) is 9.74. The van der Waals surface area contributed by atoms with Crippen molar-refractivity contribution in [3.05, 3.63) is 68.8 Å². The van der Waals surface area contributed by atoms with E-state index in [0.717, 1.165) is 35.2 Å². The van der Waals surface area contributed by atoms with Gasteiger partial charge in [0.05, 0.1) is 18.2 Å². The number of benzene rings is 2. The fourth-order valence-electron chi connectivity index (χ4n) is 4.16. The van der Waals surface area contributed by atoms with E-state index >= 15 is 0 Å². The SMILES string of the molecule is CCOc1cccc(C(O)=C2C(=O)C(=O)N(CCCN(CC)CC)C2c2ccc(I)cc2)c1. The number of halogens is 1. The van der Waals surface area contributed by atoms with Crippen molar-refractivity contribution < 1.29 is 19.4 Å². The molecule has 0 aliphatic carbocycles. The number of ketones is 1. The zero-order chi connectivity index (χ0) is 24.0. The normalized spacial score (nSPS) is 17.7. The molecule has 7 heteroatoms. The van der Waals surface area contributed by atoms with Crippen LogP contribution in [0.15, 0.2) is 54.1 Å². The summed E-state index contributed by atoms with van der Waals surface area (Å²) in [7, 11) is 0. The highest BCUT2D eigenvalue weighted by atomic mass is 127. The molecule has 1 fully saturated rings. The smallest absolute Gasteiger partial charge is 0.295 e. The number of hydrogen-bond acceptors (Lipinski definition) is 5. The van der Waals surface area contributed by atoms with E-state index < -0.39 is 17.7 Å². The van der Waals surface area contributed by atoms with Crippen molar-refractivity contribution >= 4 is 40.0 Å². The number of nitrogens with zero attached hydrogens (tertiary/aromatic N) is 2. The third-order valence-corrected chi connectivity index (χ3v) is 6.63. The number of carbonyl (C=O) groups is 2. The molecule has 1 heterocycles. The summed E-state index contributed by atoms with van der Waals surface area (Å²) in [5, 5.41) is 11.2. The molecule has 1 amide bonds. The number of aliphatic hydroxyl groups is 1. The van der Waals surface area contributed by atoms with Crippen molar-refractivity contribution in [1.82, 2.24) is 9.80 Å². The van der Waals surface area contributed by atoms with Crippen LogP contribution >= 0.6 is 22.6 Å². The van der Waals surface area contributed by atoms with Crippen LogP contribution in [0.2, 0.25) is 0 Å². The monoisotopic (exact) mass is 562 g/mol. The van der Waals surface area contributed by atoms with E-state index in [1.165, 1.54) is 0 Å². The maximum Gasteiger partial charge on any atom is 0.295 e. The van der Waals surface area contributed by atoms with E-state index in [1.807, 2.05) is 31.2 Å². The zero-order valence-corrected chi connectivity index (χ0v) is 21.5. The molecule has 1 aliphatic heterocycles. The van der Waals surface area contributed by atoms with E-state index in [0.29, 0.717) is 24.5 Å². The molecule has 33 heavy (non-hydrogen) atoms. The standard InChI is InChI=1S/C26H31IN2O4/c1-4-28(5-2)15-8-16-29-23(18-11-13-20(27)14-12-18)22(25(31)26(29)32)24(30)19-9-7-10-21(17-19)33-6-3/h7,9-14,17,23,30H,4-6,8,15-16H2,1-3H3. The second-order valence-electron chi connectivity index (χ2n) is 7.89. The van der Waals surface area contributed by atoms with Gasteiger partial charge < -0.3 is 19.6 Å². The Balaban J connectivity index is 2.02. The zero-order valence-electron chi connectivity index (χ0n) is 19.4. The molecule has 0 spiro atoms. The molecule has 1 atom stereocenters. The summed E-state index contributed by atoms with van der Waals surface area (Å²) in [4.78, 5) is 30.1. The highest BCUT2D eigenvalue weighted by Gasteiger charge is 2.45. The third kappa shape index (κ3) is 5.76. The number of carbonyl (C=O) groups excluding carboxylic acids is 2. The molecule has 1 N–H and O–H groups in total. The maximum absolute atomic E-state index is 13.1. The molecule has 0 radical (unpaired) electrons. The fraction of sp³-hybridized carbons (Fsp3) is 0.385. The molecule has 0 aromatic heterocycles. The van der Waals surface area contributed by atoms with Crippen LogP contribution in [0, 0.1) is 3.57 Å². The molecule has 0 saturated carbocycles. The van der Waals surface area contributed by atoms with Crippen molar-refractivity contribution in [3.63, 3.8) is 0 Å². The summed E-state index contributed by atoms with van der Waals surface area (Å²) in [6.07, 6.45) is 0.745. The molecule has 1 saturated heterocycles. The van der Waals surface area contributed by atoms with Gasteiger partial charge in [0, 0.05) is 15.7 Å². The molecule has 3 rings (SSSR count). The van der Waals surface area contributed by atoms with E-state index in [1.54, 1.807) is 29.2 Å². The second-order valence-corrected chi connectivity index (χ2v) is 9.13. The Hall–Kier alpha value is -2.39. The summed E-state index contributed by atoms with van der Waals surface area (Å²) in [6, 6.07) is 14.1. The molecule has 6 nitrogen and oxygen atoms in total. The van der Waals surface area contributed by atoms with Gasteiger partial charge in [0.15, 0.2) is 0 Å². The number of amides is 1. The largest absolute Gasteiger partial charge is 0.507 e. The molecule has 1 unspecified atom stereocenters. The van der Waals surface area contributed by atoms with Crippen LogP contribution < -0.4 is 4.74 Å². The summed E-state index contributed by atoms with van der Waals surface area (Å²) < 4.78 is 6.60. The van der Waals surface area contributed by atoms with Crippen LogP contribution in [-0.4, -0.2) is 59.4 Å². The van der Waals surface area contributed by atoms with Crippen molar-refractivity contribution in [3.8, 4) is 5.75 Å². The summed E-state index contributed by atoms with van der Waals surface area (Å²) in [5.41, 5.74) is 1.38. The Morgan fingerprint density at radius 3 is 2.42 bits per heavy atom. The van der Waals surface area contributed by atoms with E-state index in [9.17, 15) is 14.7 Å². The first-order valence-electron chi connectivity index (χ1n) is 11.4. The molecule has 176 valence electrons. The number of likely N-dealkylation sites (tertiary alicyclic amines) is 1. The minimum Gasteiger partial charge on any atom is -0.507 e. The van der Waals surface area contributed by atoms with E-state index in [-0.39, 0.29) is 11.3 Å². The minimum atomic E-state index is -0.652. The highest BCUT2D eigenvalue weighted by molar-refractivity contribution is 14.1. The van der Waals surface area contributed by atoms with Crippen LogP contribution in [-0.2, 0) is 9.59 Å². The highest BCUT2D eigenvalue weighted by Crippen LogP contribution is 2.40. The first kappa shape index (κ1) is 25.2. The van der Waals surface area contributed by atoms with Crippen molar-refractivity contribution in [1.29, 1.82) is 0 Å². The lowest BCUT2D eigenvalue weighted by Crippen LogP contribution is -2.33. The average molecular weight is 562 g/mol. The van der Waals surface area contributed by atoms with Gasteiger partial charge in [-0.2, -0.15) is 0 Å². The Morgan fingerprint density at radius 1 is 1.09 bits per heavy atom.